The van der Waals surface area contributed by atoms with Crippen molar-refractivity contribution in [1.82, 2.24) is 19.3 Å². The molecule has 3 aromatic heterocycles. The summed E-state index contributed by atoms with van der Waals surface area (Å²) < 4.78 is 4.18. The number of hydrogen-bond acceptors (Lipinski definition) is 8. The Morgan fingerprint density at radius 2 is 2.05 bits per heavy atom. The Labute approximate surface area is 111 Å². The minimum Gasteiger partial charge on any atom is -0.506 e. The van der Waals surface area contributed by atoms with Gasteiger partial charge >= 0.3 is 0 Å². The summed E-state index contributed by atoms with van der Waals surface area (Å²) in [5.74, 6) is 1.17. The number of azo groups is 1. The highest BCUT2D eigenvalue weighted by Gasteiger charge is 2.07. The van der Waals surface area contributed by atoms with E-state index in [4.69, 9.17) is 5.11 Å². The molecular weight excluding hydrogens is 264 g/mol. The van der Waals surface area contributed by atoms with Crippen LogP contribution in [0.3, 0.4) is 0 Å². The van der Waals surface area contributed by atoms with Crippen molar-refractivity contribution in [3.05, 3.63) is 30.4 Å². The molecule has 0 saturated heterocycles. The summed E-state index contributed by atoms with van der Waals surface area (Å²) in [5.41, 5.74) is 0.616. The fourth-order valence-electron chi connectivity index (χ4n) is 1.42. The van der Waals surface area contributed by atoms with Gasteiger partial charge in [0.25, 0.3) is 0 Å². The smallest absolute Gasteiger partial charge is 0.178 e. The highest BCUT2D eigenvalue weighted by Crippen LogP contribution is 2.30. The first-order chi connectivity index (χ1) is 9.22. The Morgan fingerprint density at radius 1 is 1.16 bits per heavy atom. The minimum absolute atomic E-state index is 0.0889. The second kappa shape index (κ2) is 4.65. The first-order valence-corrected chi connectivity index (χ1v) is 6.15. The largest absolute Gasteiger partial charge is 0.506 e. The molecule has 94 valence electrons. The Balaban J connectivity index is 1.95. The van der Waals surface area contributed by atoms with Crippen molar-refractivity contribution < 1.29 is 5.11 Å². The number of fused-ring (bicyclic) bond motifs is 1. The first kappa shape index (κ1) is 11.6. The van der Waals surface area contributed by atoms with E-state index in [9.17, 15) is 0 Å². The van der Waals surface area contributed by atoms with Gasteiger partial charge in [0.2, 0.25) is 0 Å². The zero-order valence-electron chi connectivity index (χ0n) is 9.85. The van der Waals surface area contributed by atoms with Crippen molar-refractivity contribution in [2.24, 2.45) is 10.2 Å². The molecule has 0 aliphatic carbocycles. The zero-order valence-corrected chi connectivity index (χ0v) is 10.7. The molecule has 0 unspecified atom stereocenters. The summed E-state index contributed by atoms with van der Waals surface area (Å²) in [6.07, 6.45) is 2.99. The number of aromatic hydroxyl groups is 1. The summed E-state index contributed by atoms with van der Waals surface area (Å²) in [7, 11) is 0. The second-order valence-electron chi connectivity index (χ2n) is 3.72. The lowest BCUT2D eigenvalue weighted by atomic mass is 10.4. The van der Waals surface area contributed by atoms with Crippen molar-refractivity contribution in [2.75, 3.05) is 0 Å². The lowest BCUT2D eigenvalue weighted by Gasteiger charge is -1.92. The van der Waals surface area contributed by atoms with E-state index in [0.717, 1.165) is 5.39 Å². The molecule has 7 nitrogen and oxygen atoms in total. The van der Waals surface area contributed by atoms with E-state index in [1.165, 1.54) is 23.8 Å². The van der Waals surface area contributed by atoms with Crippen LogP contribution >= 0.6 is 11.5 Å². The van der Waals surface area contributed by atoms with Gasteiger partial charge in [0.05, 0.1) is 11.6 Å². The average Bonchev–Trinajstić information content (AvgIpc) is 2.80. The number of pyridine rings is 1. The Morgan fingerprint density at radius 3 is 2.84 bits per heavy atom. The van der Waals surface area contributed by atoms with Crippen LogP contribution in [0.25, 0.3) is 11.0 Å². The monoisotopic (exact) mass is 272 g/mol. The maximum absolute atomic E-state index is 9.12. The van der Waals surface area contributed by atoms with Gasteiger partial charge in [-0.1, -0.05) is 0 Å². The number of aromatic nitrogens is 4. The van der Waals surface area contributed by atoms with E-state index >= 15 is 0 Å². The third-order valence-electron chi connectivity index (χ3n) is 2.31. The van der Waals surface area contributed by atoms with Gasteiger partial charge in [-0.25, -0.2) is 15.0 Å². The molecule has 0 spiro atoms. The molecule has 0 bridgehead atoms. The van der Waals surface area contributed by atoms with Crippen LogP contribution in [0.4, 0.5) is 10.8 Å². The average molecular weight is 272 g/mol. The standard InChI is InChI=1S/C11H8N6OS/c1-6-12-5-8-10(14-6)17-19-11(8)16-15-9-3-2-7(18)4-13-9/h2-5,18H,1H3/b16-15+. The van der Waals surface area contributed by atoms with Gasteiger partial charge in [0.1, 0.15) is 11.6 Å². The Bertz CT molecular complexity index is 751. The molecule has 1 N–H and O–H groups in total. The Hall–Kier alpha value is -2.48. The van der Waals surface area contributed by atoms with Crippen LogP contribution in [0.1, 0.15) is 5.82 Å². The van der Waals surface area contributed by atoms with Crippen molar-refractivity contribution in [3.63, 3.8) is 0 Å². The summed E-state index contributed by atoms with van der Waals surface area (Å²) in [4.78, 5) is 12.2. The third-order valence-corrected chi connectivity index (χ3v) is 3.05. The van der Waals surface area contributed by atoms with E-state index in [1.807, 2.05) is 0 Å². The van der Waals surface area contributed by atoms with Crippen LogP contribution in [0.15, 0.2) is 34.8 Å². The van der Waals surface area contributed by atoms with Crippen molar-refractivity contribution >= 4 is 33.4 Å². The molecule has 0 aliphatic heterocycles. The van der Waals surface area contributed by atoms with Crippen LogP contribution in [0.5, 0.6) is 5.75 Å². The van der Waals surface area contributed by atoms with E-state index in [-0.39, 0.29) is 5.75 Å². The van der Waals surface area contributed by atoms with Gasteiger partial charge < -0.3 is 5.11 Å². The number of nitrogens with zero attached hydrogens (tertiary/aromatic N) is 6. The van der Waals surface area contributed by atoms with Gasteiger partial charge in [-0.2, -0.15) is 4.37 Å². The summed E-state index contributed by atoms with van der Waals surface area (Å²) in [6, 6.07) is 3.07. The summed E-state index contributed by atoms with van der Waals surface area (Å²) >= 11 is 1.20. The summed E-state index contributed by atoms with van der Waals surface area (Å²) in [5, 5.41) is 18.6. The zero-order chi connectivity index (χ0) is 13.2. The van der Waals surface area contributed by atoms with Crippen LogP contribution in [0.2, 0.25) is 0 Å². The van der Waals surface area contributed by atoms with Crippen LogP contribution < -0.4 is 0 Å². The topological polar surface area (TPSA) is 96.5 Å². The maximum Gasteiger partial charge on any atom is 0.178 e. The van der Waals surface area contributed by atoms with Crippen molar-refractivity contribution in [3.8, 4) is 5.75 Å². The van der Waals surface area contributed by atoms with Gasteiger partial charge in [-0.05, 0) is 30.6 Å². The first-order valence-electron chi connectivity index (χ1n) is 5.38. The SMILES string of the molecule is Cc1ncc2c(/N=N/c3ccc(O)cn3)snc2n1. The number of rotatable bonds is 2. The van der Waals surface area contributed by atoms with E-state index in [1.54, 1.807) is 19.2 Å². The number of hydrogen-bond donors (Lipinski definition) is 1. The minimum atomic E-state index is 0.0889. The molecule has 19 heavy (non-hydrogen) atoms. The molecule has 3 aromatic rings. The molecule has 3 heterocycles. The van der Waals surface area contributed by atoms with Crippen LogP contribution in [-0.4, -0.2) is 24.4 Å². The van der Waals surface area contributed by atoms with Crippen LogP contribution in [0, 0.1) is 6.92 Å². The molecule has 0 amide bonds. The maximum atomic E-state index is 9.12. The molecule has 0 aliphatic rings. The van der Waals surface area contributed by atoms with Gasteiger partial charge in [0, 0.05) is 6.20 Å². The van der Waals surface area contributed by atoms with E-state index < -0.39 is 0 Å². The predicted octanol–water partition coefficient (Wildman–Crippen LogP) is 2.91. The van der Waals surface area contributed by atoms with Gasteiger partial charge in [0.15, 0.2) is 16.5 Å². The van der Waals surface area contributed by atoms with Crippen molar-refractivity contribution in [1.29, 1.82) is 0 Å². The normalized spacial score (nSPS) is 11.4. The molecule has 0 radical (unpaired) electrons. The Kier molecular flexibility index (Phi) is 2.84. The lowest BCUT2D eigenvalue weighted by molar-refractivity contribution is 0.473. The van der Waals surface area contributed by atoms with E-state index in [2.05, 4.69) is 29.6 Å². The fraction of sp³-hybridized carbons (Fsp3) is 0.0909. The summed E-state index contributed by atoms with van der Waals surface area (Å²) in [6.45, 7) is 1.81. The molecular formula is C11H8N6OS. The quantitative estimate of drug-likeness (QED) is 0.723. The molecule has 3 rings (SSSR count). The van der Waals surface area contributed by atoms with Gasteiger partial charge in [-0.15, -0.1) is 10.2 Å². The molecule has 8 heteroatoms. The van der Waals surface area contributed by atoms with Gasteiger partial charge in [-0.3, -0.25) is 0 Å². The second-order valence-corrected chi connectivity index (χ2v) is 4.47. The highest BCUT2D eigenvalue weighted by atomic mass is 32.1. The molecule has 0 fully saturated rings. The van der Waals surface area contributed by atoms with Crippen molar-refractivity contribution in [2.45, 2.75) is 6.92 Å². The predicted molar refractivity (Wildman–Crippen MR) is 70.0 cm³/mol. The third kappa shape index (κ3) is 2.38. The molecule has 0 saturated carbocycles. The highest BCUT2D eigenvalue weighted by molar-refractivity contribution is 7.11. The number of aryl methyl sites for hydroxylation is 1. The fourth-order valence-corrected chi connectivity index (χ4v) is 2.05. The van der Waals surface area contributed by atoms with E-state index in [0.29, 0.717) is 22.3 Å². The molecule has 0 atom stereocenters. The molecule has 0 aromatic carbocycles. The van der Waals surface area contributed by atoms with Crippen LogP contribution in [-0.2, 0) is 0 Å². The lowest BCUT2D eigenvalue weighted by Crippen LogP contribution is -1.85.